The standard InChI is InChI=1S/C13H12N4O4/c1-8-4-5-9(7-10(8)17(20)21)15-13(19)16-12-11(18)3-2-6-14-12/h2-7,18H,1H3,(H2,14,15,16,19). The van der Waals surface area contributed by atoms with Gasteiger partial charge in [0, 0.05) is 23.5 Å². The van der Waals surface area contributed by atoms with Crippen LogP contribution in [0.2, 0.25) is 0 Å². The summed E-state index contributed by atoms with van der Waals surface area (Å²) < 4.78 is 0. The van der Waals surface area contributed by atoms with Crippen LogP contribution in [0.25, 0.3) is 0 Å². The summed E-state index contributed by atoms with van der Waals surface area (Å²) >= 11 is 0. The topological polar surface area (TPSA) is 117 Å². The molecule has 1 heterocycles. The number of pyridine rings is 1. The van der Waals surface area contributed by atoms with Crippen LogP contribution in [0.1, 0.15) is 5.56 Å². The highest BCUT2D eigenvalue weighted by atomic mass is 16.6. The van der Waals surface area contributed by atoms with Gasteiger partial charge in [-0.2, -0.15) is 0 Å². The number of nitrogens with one attached hydrogen (secondary N) is 2. The van der Waals surface area contributed by atoms with Gasteiger partial charge in [-0.1, -0.05) is 6.07 Å². The van der Waals surface area contributed by atoms with E-state index in [1.54, 1.807) is 13.0 Å². The van der Waals surface area contributed by atoms with Crippen molar-refractivity contribution < 1.29 is 14.8 Å². The average Bonchev–Trinajstić information content (AvgIpc) is 2.43. The maximum absolute atomic E-state index is 11.8. The Bertz CT molecular complexity index is 702. The van der Waals surface area contributed by atoms with Gasteiger partial charge >= 0.3 is 6.03 Å². The lowest BCUT2D eigenvalue weighted by Gasteiger charge is -2.08. The largest absolute Gasteiger partial charge is 0.504 e. The van der Waals surface area contributed by atoms with Gasteiger partial charge in [-0.25, -0.2) is 9.78 Å². The molecule has 0 spiro atoms. The summed E-state index contributed by atoms with van der Waals surface area (Å²) in [5.41, 5.74) is 0.669. The second-order valence-corrected chi connectivity index (χ2v) is 4.21. The minimum atomic E-state index is -0.665. The van der Waals surface area contributed by atoms with Crippen molar-refractivity contribution in [3.8, 4) is 5.75 Å². The molecule has 0 fully saturated rings. The Balaban J connectivity index is 2.12. The van der Waals surface area contributed by atoms with Crippen LogP contribution in [-0.4, -0.2) is 21.0 Å². The van der Waals surface area contributed by atoms with E-state index in [1.807, 2.05) is 0 Å². The fourth-order valence-electron chi connectivity index (χ4n) is 1.65. The quantitative estimate of drug-likeness (QED) is 0.592. The van der Waals surface area contributed by atoms with E-state index in [0.29, 0.717) is 5.56 Å². The molecule has 2 rings (SSSR count). The van der Waals surface area contributed by atoms with Gasteiger partial charge < -0.3 is 10.4 Å². The summed E-state index contributed by atoms with van der Waals surface area (Å²) in [5.74, 6) is -0.181. The molecule has 2 amide bonds. The smallest absolute Gasteiger partial charge is 0.324 e. The van der Waals surface area contributed by atoms with Crippen LogP contribution >= 0.6 is 0 Å². The van der Waals surface area contributed by atoms with E-state index >= 15 is 0 Å². The van der Waals surface area contributed by atoms with Crippen LogP contribution < -0.4 is 10.6 Å². The first-order chi connectivity index (χ1) is 9.97. The third kappa shape index (κ3) is 3.44. The molecule has 108 valence electrons. The van der Waals surface area contributed by atoms with Crippen LogP contribution in [0.3, 0.4) is 0 Å². The number of hydrogen-bond donors (Lipinski definition) is 3. The number of urea groups is 1. The minimum Gasteiger partial charge on any atom is -0.504 e. The van der Waals surface area contributed by atoms with Crippen molar-refractivity contribution in [2.75, 3.05) is 10.6 Å². The number of aromatic hydroxyl groups is 1. The molecule has 0 bridgehead atoms. The zero-order valence-corrected chi connectivity index (χ0v) is 11.0. The number of carbonyl (C=O) groups is 1. The lowest BCUT2D eigenvalue weighted by molar-refractivity contribution is -0.385. The van der Waals surface area contributed by atoms with E-state index < -0.39 is 11.0 Å². The third-order valence-corrected chi connectivity index (χ3v) is 2.68. The van der Waals surface area contributed by atoms with Crippen molar-refractivity contribution in [2.24, 2.45) is 0 Å². The zero-order chi connectivity index (χ0) is 15.4. The number of aromatic nitrogens is 1. The first kappa shape index (κ1) is 14.3. The molecule has 21 heavy (non-hydrogen) atoms. The fourth-order valence-corrected chi connectivity index (χ4v) is 1.65. The van der Waals surface area contributed by atoms with Gasteiger partial charge in [-0.15, -0.1) is 0 Å². The summed E-state index contributed by atoms with van der Waals surface area (Å²) in [4.78, 5) is 25.9. The third-order valence-electron chi connectivity index (χ3n) is 2.68. The maximum Gasteiger partial charge on any atom is 0.324 e. The lowest BCUT2D eigenvalue weighted by atomic mass is 10.2. The molecule has 8 nitrogen and oxygen atoms in total. The Hall–Kier alpha value is -3.16. The summed E-state index contributed by atoms with van der Waals surface area (Å²) in [7, 11) is 0. The normalized spacial score (nSPS) is 9.95. The molecule has 1 aromatic heterocycles. The first-order valence-corrected chi connectivity index (χ1v) is 5.94. The van der Waals surface area contributed by atoms with Gasteiger partial charge in [0.2, 0.25) is 0 Å². The number of rotatable bonds is 3. The van der Waals surface area contributed by atoms with Crippen LogP contribution in [0, 0.1) is 17.0 Å². The number of amides is 2. The van der Waals surface area contributed by atoms with Gasteiger partial charge in [-0.05, 0) is 25.1 Å². The minimum absolute atomic E-state index is 0.00314. The molecular formula is C13H12N4O4. The Morgan fingerprint density at radius 2 is 2.10 bits per heavy atom. The molecule has 1 aromatic carbocycles. The van der Waals surface area contributed by atoms with Crippen LogP contribution in [0.15, 0.2) is 36.5 Å². The second-order valence-electron chi connectivity index (χ2n) is 4.21. The van der Waals surface area contributed by atoms with E-state index in [1.165, 1.54) is 30.5 Å². The van der Waals surface area contributed by atoms with E-state index in [4.69, 9.17) is 0 Å². The highest BCUT2D eigenvalue weighted by molar-refractivity contribution is 6.00. The van der Waals surface area contributed by atoms with Gasteiger partial charge in [0.15, 0.2) is 11.6 Å². The number of benzene rings is 1. The molecule has 0 atom stereocenters. The maximum atomic E-state index is 11.8. The predicted octanol–water partition coefficient (Wildman–Crippen LogP) is 2.65. The molecular weight excluding hydrogens is 276 g/mol. The molecule has 8 heteroatoms. The lowest BCUT2D eigenvalue weighted by Crippen LogP contribution is -2.20. The molecule has 0 saturated heterocycles. The Morgan fingerprint density at radius 1 is 1.33 bits per heavy atom. The van der Waals surface area contributed by atoms with Crippen LogP contribution in [0.5, 0.6) is 5.75 Å². The van der Waals surface area contributed by atoms with Crippen molar-refractivity contribution in [3.05, 3.63) is 52.2 Å². The van der Waals surface area contributed by atoms with Gasteiger partial charge in [0.1, 0.15) is 0 Å². The average molecular weight is 288 g/mol. The fraction of sp³-hybridized carbons (Fsp3) is 0.0769. The summed E-state index contributed by atoms with van der Waals surface area (Å²) in [5, 5.41) is 25.1. The number of anilines is 2. The number of carbonyl (C=O) groups excluding carboxylic acids is 1. The second kappa shape index (κ2) is 5.87. The van der Waals surface area contributed by atoms with Crippen molar-refractivity contribution in [1.29, 1.82) is 0 Å². The molecule has 2 aromatic rings. The SMILES string of the molecule is Cc1ccc(NC(=O)Nc2ncccc2O)cc1[N+](=O)[O-]. The highest BCUT2D eigenvalue weighted by Gasteiger charge is 2.13. The Labute approximate surface area is 119 Å². The van der Waals surface area contributed by atoms with Crippen LogP contribution in [0.4, 0.5) is 22.0 Å². The number of aryl methyl sites for hydroxylation is 1. The summed E-state index contributed by atoms with van der Waals surface area (Å²) in [6.45, 7) is 1.61. The van der Waals surface area contributed by atoms with E-state index in [2.05, 4.69) is 15.6 Å². The number of nitro groups is 1. The van der Waals surface area contributed by atoms with Crippen molar-refractivity contribution >= 4 is 23.2 Å². The summed E-state index contributed by atoms with van der Waals surface area (Å²) in [6.07, 6.45) is 1.41. The number of hydrogen-bond acceptors (Lipinski definition) is 5. The Kier molecular flexibility index (Phi) is 3.98. The van der Waals surface area contributed by atoms with Gasteiger partial charge in [0.25, 0.3) is 5.69 Å². The number of nitrogens with zero attached hydrogens (tertiary/aromatic N) is 2. The number of nitro benzene ring substituents is 1. The predicted molar refractivity (Wildman–Crippen MR) is 76.4 cm³/mol. The van der Waals surface area contributed by atoms with Gasteiger partial charge in [-0.3, -0.25) is 15.4 Å². The molecule has 0 radical (unpaired) electrons. The highest BCUT2D eigenvalue weighted by Crippen LogP contribution is 2.23. The zero-order valence-electron chi connectivity index (χ0n) is 11.0. The van der Waals surface area contributed by atoms with E-state index in [9.17, 15) is 20.0 Å². The first-order valence-electron chi connectivity index (χ1n) is 5.94. The van der Waals surface area contributed by atoms with Crippen molar-refractivity contribution in [2.45, 2.75) is 6.92 Å². The monoisotopic (exact) mass is 288 g/mol. The van der Waals surface area contributed by atoms with Gasteiger partial charge in [0.05, 0.1) is 4.92 Å². The molecule has 0 aliphatic carbocycles. The van der Waals surface area contributed by atoms with E-state index in [0.717, 1.165) is 0 Å². The molecule has 0 aliphatic heterocycles. The van der Waals surface area contributed by atoms with Crippen LogP contribution in [-0.2, 0) is 0 Å². The van der Waals surface area contributed by atoms with Crippen molar-refractivity contribution in [3.63, 3.8) is 0 Å². The van der Waals surface area contributed by atoms with Crippen molar-refractivity contribution in [1.82, 2.24) is 4.98 Å². The molecule has 3 N–H and O–H groups in total. The molecule has 0 aliphatic rings. The summed E-state index contributed by atoms with van der Waals surface area (Å²) in [6, 6.07) is 6.56. The molecule has 0 saturated carbocycles. The Morgan fingerprint density at radius 3 is 2.76 bits per heavy atom. The van der Waals surface area contributed by atoms with E-state index in [-0.39, 0.29) is 22.9 Å². The molecule has 0 unspecified atom stereocenters.